The molecule has 1 fully saturated rings. The van der Waals surface area contributed by atoms with Gasteiger partial charge >= 0.3 is 0 Å². The van der Waals surface area contributed by atoms with E-state index in [0.29, 0.717) is 24.0 Å². The standard InChI is InChI=1S/C14H24N2S/c1-10-5-7-17-13(10)12(9-15)16-11-4-6-14(2,3)8-11/h5,7,11-12,16H,4,6,8-9,15H2,1-3H3. The molecular formula is C14H24N2S. The summed E-state index contributed by atoms with van der Waals surface area (Å²) in [4.78, 5) is 1.41. The molecule has 0 radical (unpaired) electrons. The lowest BCUT2D eigenvalue weighted by Gasteiger charge is -2.23. The predicted molar refractivity (Wildman–Crippen MR) is 75.4 cm³/mol. The van der Waals surface area contributed by atoms with E-state index in [0.717, 1.165) is 0 Å². The third kappa shape index (κ3) is 3.09. The van der Waals surface area contributed by atoms with Gasteiger partial charge in [-0.25, -0.2) is 0 Å². The van der Waals surface area contributed by atoms with Crippen LogP contribution in [-0.4, -0.2) is 12.6 Å². The molecule has 0 amide bonds. The summed E-state index contributed by atoms with van der Waals surface area (Å²) >= 11 is 1.82. The van der Waals surface area contributed by atoms with Gasteiger partial charge in [-0.15, -0.1) is 11.3 Å². The van der Waals surface area contributed by atoms with Gasteiger partial charge in [-0.1, -0.05) is 13.8 Å². The van der Waals surface area contributed by atoms with Gasteiger partial charge in [0.25, 0.3) is 0 Å². The van der Waals surface area contributed by atoms with Crippen molar-refractivity contribution >= 4 is 11.3 Å². The molecule has 0 spiro atoms. The van der Waals surface area contributed by atoms with Crippen LogP contribution in [0.5, 0.6) is 0 Å². The van der Waals surface area contributed by atoms with Gasteiger partial charge in [-0.05, 0) is 48.6 Å². The van der Waals surface area contributed by atoms with Crippen LogP contribution in [0.1, 0.15) is 49.6 Å². The molecule has 1 aliphatic rings. The summed E-state index contributed by atoms with van der Waals surface area (Å²) in [5.41, 5.74) is 7.79. The fourth-order valence-electron chi connectivity index (χ4n) is 2.86. The highest BCUT2D eigenvalue weighted by Gasteiger charge is 2.32. The highest BCUT2D eigenvalue weighted by atomic mass is 32.1. The Kier molecular flexibility index (Phi) is 3.91. The van der Waals surface area contributed by atoms with Crippen LogP contribution in [0.3, 0.4) is 0 Å². The van der Waals surface area contributed by atoms with Crippen molar-refractivity contribution in [2.45, 2.75) is 52.1 Å². The second-order valence-corrected chi connectivity index (χ2v) is 6.97. The zero-order valence-corrected chi connectivity index (χ0v) is 11.9. The van der Waals surface area contributed by atoms with Crippen LogP contribution < -0.4 is 11.1 Å². The molecule has 17 heavy (non-hydrogen) atoms. The van der Waals surface area contributed by atoms with Crippen LogP contribution in [0.25, 0.3) is 0 Å². The van der Waals surface area contributed by atoms with E-state index in [1.807, 2.05) is 11.3 Å². The monoisotopic (exact) mass is 252 g/mol. The van der Waals surface area contributed by atoms with Crippen molar-refractivity contribution in [3.8, 4) is 0 Å². The summed E-state index contributed by atoms with van der Waals surface area (Å²) < 4.78 is 0. The molecular weight excluding hydrogens is 228 g/mol. The summed E-state index contributed by atoms with van der Waals surface area (Å²) in [6, 6.07) is 3.16. The van der Waals surface area contributed by atoms with E-state index >= 15 is 0 Å². The van der Waals surface area contributed by atoms with Gasteiger partial charge in [0, 0.05) is 17.5 Å². The van der Waals surface area contributed by atoms with E-state index in [9.17, 15) is 0 Å². The van der Waals surface area contributed by atoms with Crippen molar-refractivity contribution in [1.82, 2.24) is 5.32 Å². The minimum absolute atomic E-state index is 0.342. The van der Waals surface area contributed by atoms with Gasteiger partial charge in [-0.3, -0.25) is 0 Å². The lowest BCUT2D eigenvalue weighted by atomic mass is 9.92. The summed E-state index contributed by atoms with van der Waals surface area (Å²) in [6.45, 7) is 7.60. The van der Waals surface area contributed by atoms with Gasteiger partial charge in [0.1, 0.15) is 0 Å². The lowest BCUT2D eigenvalue weighted by molar-refractivity contribution is 0.354. The second-order valence-electron chi connectivity index (χ2n) is 6.03. The van der Waals surface area contributed by atoms with Gasteiger partial charge in [0.15, 0.2) is 0 Å². The number of rotatable bonds is 4. The predicted octanol–water partition coefficient (Wildman–Crippen LogP) is 3.22. The van der Waals surface area contributed by atoms with E-state index in [4.69, 9.17) is 5.73 Å². The number of aryl methyl sites for hydroxylation is 1. The highest BCUT2D eigenvalue weighted by molar-refractivity contribution is 7.10. The number of hydrogen-bond acceptors (Lipinski definition) is 3. The number of thiophene rings is 1. The van der Waals surface area contributed by atoms with E-state index in [-0.39, 0.29) is 0 Å². The van der Waals surface area contributed by atoms with Crippen molar-refractivity contribution in [1.29, 1.82) is 0 Å². The minimum atomic E-state index is 0.342. The Bertz CT molecular complexity index is 370. The molecule has 2 unspecified atom stereocenters. The molecule has 1 saturated carbocycles. The van der Waals surface area contributed by atoms with Crippen molar-refractivity contribution in [2.75, 3.05) is 6.54 Å². The smallest absolute Gasteiger partial charge is 0.0544 e. The van der Waals surface area contributed by atoms with Crippen molar-refractivity contribution in [3.63, 3.8) is 0 Å². The fourth-order valence-corrected chi connectivity index (χ4v) is 3.86. The first-order chi connectivity index (χ1) is 8.02. The van der Waals surface area contributed by atoms with E-state index in [1.54, 1.807) is 0 Å². The first-order valence-corrected chi connectivity index (χ1v) is 7.40. The largest absolute Gasteiger partial charge is 0.329 e. The van der Waals surface area contributed by atoms with Crippen LogP contribution in [-0.2, 0) is 0 Å². The number of hydrogen-bond donors (Lipinski definition) is 2. The molecule has 1 aromatic heterocycles. The van der Waals surface area contributed by atoms with Crippen LogP contribution >= 0.6 is 11.3 Å². The molecule has 0 aliphatic heterocycles. The lowest BCUT2D eigenvalue weighted by Crippen LogP contribution is -2.35. The third-order valence-electron chi connectivity index (χ3n) is 3.86. The van der Waals surface area contributed by atoms with Crippen molar-refractivity contribution < 1.29 is 0 Å². The van der Waals surface area contributed by atoms with E-state index < -0.39 is 0 Å². The topological polar surface area (TPSA) is 38.0 Å². The molecule has 1 heterocycles. The fraction of sp³-hybridized carbons (Fsp3) is 0.714. The van der Waals surface area contributed by atoms with Crippen LogP contribution in [0.2, 0.25) is 0 Å². The molecule has 1 aromatic rings. The van der Waals surface area contributed by atoms with E-state index in [1.165, 1.54) is 29.7 Å². The van der Waals surface area contributed by atoms with Crippen molar-refractivity contribution in [2.24, 2.45) is 11.1 Å². The molecule has 96 valence electrons. The minimum Gasteiger partial charge on any atom is -0.329 e. The molecule has 0 saturated heterocycles. The average Bonchev–Trinajstić information content (AvgIpc) is 2.81. The summed E-state index contributed by atoms with van der Waals surface area (Å²) in [6.07, 6.45) is 3.88. The SMILES string of the molecule is Cc1ccsc1C(CN)NC1CCC(C)(C)C1. The summed E-state index contributed by atoms with van der Waals surface area (Å²) in [5.74, 6) is 0. The molecule has 3 N–H and O–H groups in total. The maximum absolute atomic E-state index is 5.92. The highest BCUT2D eigenvalue weighted by Crippen LogP contribution is 2.38. The molecule has 3 heteroatoms. The molecule has 2 nitrogen and oxygen atoms in total. The Morgan fingerprint density at radius 1 is 1.59 bits per heavy atom. The van der Waals surface area contributed by atoms with Crippen LogP contribution in [0.15, 0.2) is 11.4 Å². The summed E-state index contributed by atoms with van der Waals surface area (Å²) in [7, 11) is 0. The first kappa shape index (κ1) is 13.1. The van der Waals surface area contributed by atoms with Crippen LogP contribution in [0.4, 0.5) is 0 Å². The first-order valence-electron chi connectivity index (χ1n) is 6.52. The molecule has 0 aromatic carbocycles. The molecule has 2 atom stereocenters. The van der Waals surface area contributed by atoms with Gasteiger partial charge in [0.2, 0.25) is 0 Å². The maximum Gasteiger partial charge on any atom is 0.0544 e. The zero-order valence-electron chi connectivity index (χ0n) is 11.1. The van der Waals surface area contributed by atoms with Crippen molar-refractivity contribution in [3.05, 3.63) is 21.9 Å². The van der Waals surface area contributed by atoms with Crippen LogP contribution in [0, 0.1) is 12.3 Å². The van der Waals surface area contributed by atoms with Gasteiger partial charge in [0.05, 0.1) is 6.04 Å². The van der Waals surface area contributed by atoms with E-state index in [2.05, 4.69) is 37.5 Å². The average molecular weight is 252 g/mol. The Hall–Kier alpha value is -0.380. The molecule has 2 rings (SSSR count). The van der Waals surface area contributed by atoms with Gasteiger partial charge in [-0.2, -0.15) is 0 Å². The Labute approximate surface area is 109 Å². The summed E-state index contributed by atoms with van der Waals surface area (Å²) in [5, 5.41) is 5.91. The Balaban J connectivity index is 2.00. The molecule has 0 bridgehead atoms. The number of nitrogens with two attached hydrogens (primary N) is 1. The number of nitrogens with one attached hydrogen (secondary N) is 1. The quantitative estimate of drug-likeness (QED) is 0.863. The zero-order chi connectivity index (χ0) is 12.5. The van der Waals surface area contributed by atoms with Gasteiger partial charge < -0.3 is 11.1 Å². The maximum atomic E-state index is 5.92. The third-order valence-corrected chi connectivity index (χ3v) is 4.99. The molecule has 1 aliphatic carbocycles. The second kappa shape index (κ2) is 5.09. The normalized spacial score (nSPS) is 25.1. The Morgan fingerprint density at radius 2 is 2.35 bits per heavy atom. The Morgan fingerprint density at radius 3 is 2.82 bits per heavy atom.